The molecule has 0 heterocycles. The smallest absolute Gasteiger partial charge is 0.0565 e. The summed E-state index contributed by atoms with van der Waals surface area (Å²) in [6, 6.07) is 0. The summed E-state index contributed by atoms with van der Waals surface area (Å²) in [6.45, 7) is 3.35. The minimum absolute atomic E-state index is 0.319. The van der Waals surface area contributed by atoms with Crippen LogP contribution >= 0.6 is 0 Å². The van der Waals surface area contributed by atoms with Gasteiger partial charge in [0, 0.05) is 0 Å². The van der Waals surface area contributed by atoms with Crippen molar-refractivity contribution in [3.63, 3.8) is 0 Å². The third kappa shape index (κ3) is 10.1. The first-order valence-electron chi connectivity index (χ1n) is 5.64. The maximum absolute atomic E-state index is 9.50. The molecule has 0 aliphatic heterocycles. The second kappa shape index (κ2) is 8.05. The summed E-state index contributed by atoms with van der Waals surface area (Å²) in [5.74, 6) is 0. The average Bonchev–Trinajstić information content (AvgIpc) is 2.11. The van der Waals surface area contributed by atoms with Crippen molar-refractivity contribution in [3.05, 3.63) is 0 Å². The summed E-state index contributed by atoms with van der Waals surface area (Å²) in [4.78, 5) is 0. The van der Waals surface area contributed by atoms with E-state index in [2.05, 4.69) is 0 Å². The summed E-state index contributed by atoms with van der Waals surface area (Å²) < 4.78 is 0. The Bertz CT molecular complexity index is 132. The third-order valence-corrected chi connectivity index (χ3v) is 2.38. The molecule has 4 unspecified atom stereocenters. The van der Waals surface area contributed by atoms with Crippen molar-refractivity contribution in [1.29, 1.82) is 0 Å². The molecule has 0 aromatic rings. The Morgan fingerprint density at radius 2 is 1.00 bits per heavy atom. The number of hydrogen-bond acceptors (Lipinski definition) is 4. The second-order valence-corrected chi connectivity index (χ2v) is 4.40. The van der Waals surface area contributed by atoms with Crippen molar-refractivity contribution in [2.45, 2.75) is 70.4 Å². The maximum Gasteiger partial charge on any atom is 0.0565 e. The highest BCUT2D eigenvalue weighted by molar-refractivity contribution is 4.66. The Morgan fingerprint density at radius 3 is 1.27 bits per heavy atom. The van der Waals surface area contributed by atoms with Crippen LogP contribution in [0.2, 0.25) is 0 Å². The molecule has 0 rings (SSSR count). The van der Waals surface area contributed by atoms with Gasteiger partial charge in [-0.05, 0) is 46.0 Å². The molecular formula is C11H24O4. The molecule has 0 bridgehead atoms. The monoisotopic (exact) mass is 220 g/mol. The van der Waals surface area contributed by atoms with Crippen LogP contribution in [0.4, 0.5) is 0 Å². The van der Waals surface area contributed by atoms with Gasteiger partial charge >= 0.3 is 0 Å². The Hall–Kier alpha value is -0.160. The van der Waals surface area contributed by atoms with Crippen LogP contribution in [0.25, 0.3) is 0 Å². The zero-order valence-corrected chi connectivity index (χ0v) is 9.63. The number of aliphatic hydroxyl groups excluding tert-OH is 4. The van der Waals surface area contributed by atoms with E-state index in [1.165, 1.54) is 0 Å². The van der Waals surface area contributed by atoms with Gasteiger partial charge in [-0.15, -0.1) is 0 Å². The van der Waals surface area contributed by atoms with E-state index in [0.29, 0.717) is 32.1 Å². The second-order valence-electron chi connectivity index (χ2n) is 4.40. The van der Waals surface area contributed by atoms with Gasteiger partial charge in [0.15, 0.2) is 0 Å². The zero-order valence-electron chi connectivity index (χ0n) is 9.63. The lowest BCUT2D eigenvalue weighted by molar-refractivity contribution is 0.0518. The molecule has 4 atom stereocenters. The van der Waals surface area contributed by atoms with Gasteiger partial charge in [0.1, 0.15) is 0 Å². The molecule has 0 aromatic heterocycles. The molecule has 92 valence electrons. The number of aliphatic hydroxyl groups is 4. The first-order chi connectivity index (χ1) is 6.91. The molecule has 0 amide bonds. The minimum atomic E-state index is -0.566. The van der Waals surface area contributed by atoms with Crippen molar-refractivity contribution in [3.8, 4) is 0 Å². The Morgan fingerprint density at radius 1 is 0.667 bits per heavy atom. The summed E-state index contributed by atoms with van der Waals surface area (Å²) in [6.07, 6.45) is 0.469. The van der Waals surface area contributed by atoms with Gasteiger partial charge in [-0.2, -0.15) is 0 Å². The molecule has 0 spiro atoms. The fourth-order valence-electron chi connectivity index (χ4n) is 1.42. The molecule has 4 nitrogen and oxygen atoms in total. The van der Waals surface area contributed by atoms with Crippen LogP contribution in [-0.4, -0.2) is 44.8 Å². The van der Waals surface area contributed by atoms with E-state index in [0.717, 1.165) is 0 Å². The van der Waals surface area contributed by atoms with Crippen LogP contribution in [-0.2, 0) is 0 Å². The Kier molecular flexibility index (Phi) is 7.96. The van der Waals surface area contributed by atoms with E-state index in [1.54, 1.807) is 13.8 Å². The summed E-state index contributed by atoms with van der Waals surface area (Å²) in [7, 11) is 0. The first kappa shape index (κ1) is 14.8. The average molecular weight is 220 g/mol. The largest absolute Gasteiger partial charge is 0.393 e. The van der Waals surface area contributed by atoms with Gasteiger partial charge in [0.05, 0.1) is 24.4 Å². The van der Waals surface area contributed by atoms with E-state index in [4.69, 9.17) is 10.2 Å². The molecule has 0 radical (unpaired) electrons. The van der Waals surface area contributed by atoms with E-state index in [1.807, 2.05) is 0 Å². The third-order valence-electron chi connectivity index (χ3n) is 2.38. The van der Waals surface area contributed by atoms with E-state index < -0.39 is 24.4 Å². The van der Waals surface area contributed by atoms with E-state index >= 15 is 0 Å². The number of rotatable bonds is 8. The predicted molar refractivity (Wildman–Crippen MR) is 58.5 cm³/mol. The normalized spacial score (nSPS) is 19.6. The van der Waals surface area contributed by atoms with Crippen molar-refractivity contribution in [1.82, 2.24) is 0 Å². The van der Waals surface area contributed by atoms with Crippen LogP contribution in [0.3, 0.4) is 0 Å². The molecule has 0 aliphatic rings. The SMILES string of the molecule is CC(O)CCC(O)CC(O)CCC(C)O. The van der Waals surface area contributed by atoms with Gasteiger partial charge in [0.25, 0.3) is 0 Å². The molecule has 0 fully saturated rings. The Balaban J connectivity index is 3.52. The van der Waals surface area contributed by atoms with Crippen LogP contribution in [0.15, 0.2) is 0 Å². The lowest BCUT2D eigenvalue weighted by Gasteiger charge is -2.16. The summed E-state index contributed by atoms with van der Waals surface area (Å²) >= 11 is 0. The highest BCUT2D eigenvalue weighted by Gasteiger charge is 2.13. The predicted octanol–water partition coefficient (Wildman–Crippen LogP) is 0.420. The molecule has 0 saturated heterocycles. The zero-order chi connectivity index (χ0) is 11.8. The molecule has 0 aliphatic carbocycles. The standard InChI is InChI=1S/C11H24O4/c1-8(12)3-5-10(14)7-11(15)6-4-9(2)13/h8-15H,3-7H2,1-2H3. The van der Waals surface area contributed by atoms with Crippen molar-refractivity contribution < 1.29 is 20.4 Å². The van der Waals surface area contributed by atoms with Crippen molar-refractivity contribution in [2.24, 2.45) is 0 Å². The fourth-order valence-corrected chi connectivity index (χ4v) is 1.42. The molecular weight excluding hydrogens is 196 g/mol. The van der Waals surface area contributed by atoms with Crippen molar-refractivity contribution in [2.75, 3.05) is 0 Å². The highest BCUT2D eigenvalue weighted by atomic mass is 16.3. The van der Waals surface area contributed by atoms with Gasteiger partial charge in [-0.3, -0.25) is 0 Å². The molecule has 4 N–H and O–H groups in total. The summed E-state index contributed by atoms with van der Waals surface area (Å²) in [5.41, 5.74) is 0. The molecule has 0 aromatic carbocycles. The maximum atomic E-state index is 9.50. The topological polar surface area (TPSA) is 80.9 Å². The van der Waals surface area contributed by atoms with Gasteiger partial charge in [0.2, 0.25) is 0 Å². The molecule has 4 heteroatoms. The van der Waals surface area contributed by atoms with E-state index in [9.17, 15) is 10.2 Å². The van der Waals surface area contributed by atoms with Crippen LogP contribution in [0.5, 0.6) is 0 Å². The van der Waals surface area contributed by atoms with Gasteiger partial charge in [-0.1, -0.05) is 0 Å². The Labute approximate surface area is 91.6 Å². The van der Waals surface area contributed by atoms with Crippen LogP contribution in [0.1, 0.15) is 46.0 Å². The van der Waals surface area contributed by atoms with Gasteiger partial charge < -0.3 is 20.4 Å². The highest BCUT2D eigenvalue weighted by Crippen LogP contribution is 2.11. The lowest BCUT2D eigenvalue weighted by atomic mass is 10.0. The van der Waals surface area contributed by atoms with E-state index in [-0.39, 0.29) is 0 Å². The molecule has 15 heavy (non-hydrogen) atoms. The first-order valence-corrected chi connectivity index (χ1v) is 5.64. The van der Waals surface area contributed by atoms with Crippen LogP contribution in [0, 0.1) is 0 Å². The van der Waals surface area contributed by atoms with Crippen LogP contribution < -0.4 is 0 Å². The minimum Gasteiger partial charge on any atom is -0.393 e. The fraction of sp³-hybridized carbons (Fsp3) is 1.00. The quantitative estimate of drug-likeness (QED) is 0.478. The summed E-state index contributed by atoms with van der Waals surface area (Å²) in [5, 5.41) is 37.0. The van der Waals surface area contributed by atoms with Crippen molar-refractivity contribution >= 4 is 0 Å². The lowest BCUT2D eigenvalue weighted by Crippen LogP contribution is -2.20. The number of hydrogen-bond donors (Lipinski definition) is 4. The molecule has 0 saturated carbocycles. The van der Waals surface area contributed by atoms with Gasteiger partial charge in [-0.25, -0.2) is 0 Å².